The number of fused-ring (bicyclic) bond motifs is 1. The van der Waals surface area contributed by atoms with Gasteiger partial charge in [-0.3, -0.25) is 11.3 Å². The Bertz CT molecular complexity index is 590. The molecular weight excluding hydrogens is 295 g/mol. The van der Waals surface area contributed by atoms with Gasteiger partial charge in [0, 0.05) is 20.7 Å². The lowest BCUT2D eigenvalue weighted by atomic mass is 9.98. The molecule has 0 aromatic heterocycles. The van der Waals surface area contributed by atoms with Crippen molar-refractivity contribution in [3.05, 3.63) is 64.4 Å². The molecular formula is C15H14ClFN2S. The Kier molecular flexibility index (Phi) is 3.98. The number of hydrazine groups is 1. The quantitative estimate of drug-likeness (QED) is 0.671. The second kappa shape index (κ2) is 5.74. The van der Waals surface area contributed by atoms with Gasteiger partial charge in [0.05, 0.1) is 6.04 Å². The van der Waals surface area contributed by atoms with Crippen LogP contribution in [0.2, 0.25) is 5.02 Å². The second-order valence-corrected chi connectivity index (χ2v) is 6.44. The third-order valence-corrected chi connectivity index (χ3v) is 5.26. The zero-order valence-electron chi connectivity index (χ0n) is 10.6. The van der Waals surface area contributed by atoms with Crippen molar-refractivity contribution in [2.75, 3.05) is 0 Å². The SMILES string of the molecule is NNC(c1c(F)cccc1Cl)C1Cc2ccccc2S1. The number of hydrogen-bond acceptors (Lipinski definition) is 3. The Morgan fingerprint density at radius 2 is 2.05 bits per heavy atom. The number of thioether (sulfide) groups is 1. The average Bonchev–Trinajstić information content (AvgIpc) is 2.86. The van der Waals surface area contributed by atoms with Crippen LogP contribution in [0.5, 0.6) is 0 Å². The lowest BCUT2D eigenvalue weighted by Crippen LogP contribution is -2.35. The fourth-order valence-corrected chi connectivity index (χ4v) is 4.26. The second-order valence-electron chi connectivity index (χ2n) is 4.75. The van der Waals surface area contributed by atoms with Crippen molar-refractivity contribution in [1.82, 2.24) is 5.43 Å². The van der Waals surface area contributed by atoms with Crippen molar-refractivity contribution in [1.29, 1.82) is 0 Å². The number of halogens is 2. The molecule has 0 amide bonds. The van der Waals surface area contributed by atoms with Crippen molar-refractivity contribution in [2.24, 2.45) is 5.84 Å². The summed E-state index contributed by atoms with van der Waals surface area (Å²) in [7, 11) is 0. The molecule has 0 saturated heterocycles. The van der Waals surface area contributed by atoms with Gasteiger partial charge in [-0.2, -0.15) is 0 Å². The van der Waals surface area contributed by atoms with E-state index in [9.17, 15) is 4.39 Å². The fourth-order valence-electron chi connectivity index (χ4n) is 2.58. The predicted octanol–water partition coefficient (Wildman–Crippen LogP) is 3.70. The Morgan fingerprint density at radius 3 is 2.75 bits per heavy atom. The van der Waals surface area contributed by atoms with Crippen molar-refractivity contribution in [3.8, 4) is 0 Å². The van der Waals surface area contributed by atoms with Crippen LogP contribution in [0.4, 0.5) is 4.39 Å². The minimum absolute atomic E-state index is 0.131. The highest BCUT2D eigenvalue weighted by molar-refractivity contribution is 8.00. The summed E-state index contributed by atoms with van der Waals surface area (Å²) >= 11 is 7.86. The lowest BCUT2D eigenvalue weighted by Gasteiger charge is -2.23. The molecule has 3 rings (SSSR count). The first-order chi connectivity index (χ1) is 9.70. The van der Waals surface area contributed by atoms with Gasteiger partial charge >= 0.3 is 0 Å². The molecule has 0 fully saturated rings. The molecule has 5 heteroatoms. The van der Waals surface area contributed by atoms with Crippen LogP contribution >= 0.6 is 23.4 Å². The van der Waals surface area contributed by atoms with Gasteiger partial charge in [0.1, 0.15) is 5.82 Å². The largest absolute Gasteiger partial charge is 0.271 e. The van der Waals surface area contributed by atoms with Gasteiger partial charge in [-0.25, -0.2) is 4.39 Å². The zero-order chi connectivity index (χ0) is 14.1. The van der Waals surface area contributed by atoms with E-state index in [0.29, 0.717) is 10.6 Å². The molecule has 0 saturated carbocycles. The third-order valence-electron chi connectivity index (χ3n) is 3.53. The highest BCUT2D eigenvalue weighted by atomic mass is 35.5. The Balaban J connectivity index is 1.93. The van der Waals surface area contributed by atoms with E-state index < -0.39 is 0 Å². The molecule has 0 bridgehead atoms. The highest BCUT2D eigenvalue weighted by Crippen LogP contribution is 2.43. The van der Waals surface area contributed by atoms with E-state index in [1.807, 2.05) is 12.1 Å². The average molecular weight is 309 g/mol. The molecule has 104 valence electrons. The summed E-state index contributed by atoms with van der Waals surface area (Å²) in [5.74, 6) is 5.35. The van der Waals surface area contributed by atoms with Crippen LogP contribution in [0.15, 0.2) is 47.4 Å². The summed E-state index contributed by atoms with van der Waals surface area (Å²) in [4.78, 5) is 1.23. The molecule has 0 radical (unpaired) electrons. The lowest BCUT2D eigenvalue weighted by molar-refractivity contribution is 0.498. The highest BCUT2D eigenvalue weighted by Gasteiger charge is 2.32. The molecule has 0 aliphatic carbocycles. The van der Waals surface area contributed by atoms with Gasteiger partial charge in [0.2, 0.25) is 0 Å². The normalized spacial score (nSPS) is 18.9. The van der Waals surface area contributed by atoms with Crippen LogP contribution in [-0.2, 0) is 6.42 Å². The van der Waals surface area contributed by atoms with E-state index in [1.165, 1.54) is 16.5 Å². The standard InChI is InChI=1S/C15H14ClFN2S/c16-10-5-3-6-11(17)14(10)15(19-18)13-8-9-4-1-2-7-12(9)20-13/h1-7,13,15,19H,8,18H2. The van der Waals surface area contributed by atoms with Gasteiger partial charge in [-0.05, 0) is 30.2 Å². The first-order valence-electron chi connectivity index (χ1n) is 6.35. The van der Waals surface area contributed by atoms with Crippen molar-refractivity contribution < 1.29 is 4.39 Å². The molecule has 2 atom stereocenters. The molecule has 20 heavy (non-hydrogen) atoms. The van der Waals surface area contributed by atoms with Crippen LogP contribution < -0.4 is 11.3 Å². The van der Waals surface area contributed by atoms with E-state index in [-0.39, 0.29) is 17.1 Å². The number of rotatable bonds is 3. The Hall–Kier alpha value is -1.07. The smallest absolute Gasteiger partial charge is 0.129 e. The minimum Gasteiger partial charge on any atom is -0.271 e. The molecule has 1 heterocycles. The van der Waals surface area contributed by atoms with E-state index in [0.717, 1.165) is 6.42 Å². The van der Waals surface area contributed by atoms with Crippen LogP contribution in [0.25, 0.3) is 0 Å². The summed E-state index contributed by atoms with van der Waals surface area (Å²) in [6, 6.07) is 12.6. The summed E-state index contributed by atoms with van der Waals surface area (Å²) in [5, 5.41) is 0.538. The number of benzene rings is 2. The van der Waals surface area contributed by atoms with Gasteiger partial charge in [-0.15, -0.1) is 11.8 Å². The van der Waals surface area contributed by atoms with Crippen molar-refractivity contribution >= 4 is 23.4 Å². The number of nitrogens with one attached hydrogen (secondary N) is 1. The molecule has 2 nitrogen and oxygen atoms in total. The molecule has 2 unspecified atom stereocenters. The first kappa shape index (κ1) is 13.9. The van der Waals surface area contributed by atoms with E-state index in [1.54, 1.807) is 23.9 Å². The van der Waals surface area contributed by atoms with Crippen molar-refractivity contribution in [2.45, 2.75) is 22.6 Å². The van der Waals surface area contributed by atoms with Crippen LogP contribution in [-0.4, -0.2) is 5.25 Å². The molecule has 3 N–H and O–H groups in total. The monoisotopic (exact) mass is 308 g/mol. The number of hydrogen-bond donors (Lipinski definition) is 2. The summed E-state index contributed by atoms with van der Waals surface area (Å²) < 4.78 is 14.1. The zero-order valence-corrected chi connectivity index (χ0v) is 12.2. The molecule has 0 spiro atoms. The van der Waals surface area contributed by atoms with Crippen LogP contribution in [0, 0.1) is 5.82 Å². The first-order valence-corrected chi connectivity index (χ1v) is 7.61. The Labute approximate surface area is 126 Å². The van der Waals surface area contributed by atoms with Crippen LogP contribution in [0.1, 0.15) is 17.2 Å². The Morgan fingerprint density at radius 1 is 1.25 bits per heavy atom. The molecule has 1 aliphatic rings. The summed E-state index contributed by atoms with van der Waals surface area (Å²) in [6.07, 6.45) is 0.848. The summed E-state index contributed by atoms with van der Waals surface area (Å²) in [5.41, 5.74) is 4.45. The van der Waals surface area contributed by atoms with Gasteiger partial charge in [0.15, 0.2) is 0 Å². The van der Waals surface area contributed by atoms with Gasteiger partial charge < -0.3 is 0 Å². The predicted molar refractivity (Wildman–Crippen MR) is 81.3 cm³/mol. The van der Waals surface area contributed by atoms with E-state index >= 15 is 0 Å². The fraction of sp³-hybridized carbons (Fsp3) is 0.200. The topological polar surface area (TPSA) is 38.0 Å². The number of nitrogens with two attached hydrogens (primary N) is 1. The maximum atomic E-state index is 14.1. The molecule has 2 aromatic carbocycles. The van der Waals surface area contributed by atoms with Crippen molar-refractivity contribution in [3.63, 3.8) is 0 Å². The van der Waals surface area contributed by atoms with E-state index in [2.05, 4.69) is 17.6 Å². The minimum atomic E-state index is -0.322. The van der Waals surface area contributed by atoms with Crippen LogP contribution in [0.3, 0.4) is 0 Å². The molecule has 2 aromatic rings. The van der Waals surface area contributed by atoms with Gasteiger partial charge in [-0.1, -0.05) is 35.9 Å². The third kappa shape index (κ3) is 2.44. The maximum absolute atomic E-state index is 14.1. The van der Waals surface area contributed by atoms with E-state index in [4.69, 9.17) is 17.4 Å². The summed E-state index contributed by atoms with van der Waals surface area (Å²) in [6.45, 7) is 0. The maximum Gasteiger partial charge on any atom is 0.129 e. The van der Waals surface area contributed by atoms with Gasteiger partial charge in [0.25, 0.3) is 0 Å². The molecule has 1 aliphatic heterocycles.